The first-order chi connectivity index (χ1) is 18.5. The lowest BCUT2D eigenvalue weighted by Crippen LogP contribution is -2.41. The van der Waals surface area contributed by atoms with Crippen molar-refractivity contribution in [2.75, 3.05) is 20.7 Å². The van der Waals surface area contributed by atoms with Crippen LogP contribution in [0, 0.1) is 0 Å². The number of fused-ring (bicyclic) bond motifs is 2. The summed E-state index contributed by atoms with van der Waals surface area (Å²) in [5, 5.41) is 12.9. The number of ketones is 1. The van der Waals surface area contributed by atoms with Crippen molar-refractivity contribution >= 4 is 5.78 Å². The monoisotopic (exact) mass is 521 g/mol. The molecule has 0 amide bonds. The van der Waals surface area contributed by atoms with Crippen LogP contribution in [0.5, 0.6) is 5.88 Å². The minimum Gasteiger partial charge on any atom is -0.473 e. The Bertz CT molecular complexity index is 1320. The highest BCUT2D eigenvalue weighted by atomic mass is 16.5. The average Bonchev–Trinajstić information content (AvgIpc) is 3.66. The first-order valence-electron chi connectivity index (χ1n) is 13.7. The van der Waals surface area contributed by atoms with E-state index >= 15 is 0 Å². The molecule has 38 heavy (non-hydrogen) atoms. The van der Waals surface area contributed by atoms with Crippen molar-refractivity contribution < 1.29 is 18.8 Å². The summed E-state index contributed by atoms with van der Waals surface area (Å²) in [6.45, 7) is 3.49. The van der Waals surface area contributed by atoms with Crippen molar-refractivity contribution in [1.82, 2.24) is 35.0 Å². The summed E-state index contributed by atoms with van der Waals surface area (Å²) in [7, 11) is 3.75. The van der Waals surface area contributed by atoms with Crippen molar-refractivity contribution in [2.24, 2.45) is 0 Å². The molecule has 4 heterocycles. The second-order valence-electron chi connectivity index (χ2n) is 10.9. The molecule has 0 radical (unpaired) electrons. The zero-order valence-corrected chi connectivity index (χ0v) is 22.4. The van der Waals surface area contributed by atoms with Crippen LogP contribution in [0.25, 0.3) is 17.3 Å². The summed E-state index contributed by atoms with van der Waals surface area (Å²) < 4.78 is 19.2. The molecule has 202 valence electrons. The molecule has 1 aliphatic heterocycles. The minimum atomic E-state index is -0.559. The molecule has 3 aliphatic rings. The van der Waals surface area contributed by atoms with Gasteiger partial charge in [0, 0.05) is 31.2 Å². The number of hydrogen-bond donors (Lipinski definition) is 0. The van der Waals surface area contributed by atoms with E-state index in [2.05, 4.69) is 34.3 Å². The Labute approximate surface area is 221 Å². The number of ether oxygens (including phenoxy) is 2. The lowest BCUT2D eigenvalue weighted by atomic mass is 9.64. The first kappa shape index (κ1) is 25.1. The molecule has 3 aromatic heterocycles. The predicted molar refractivity (Wildman–Crippen MR) is 137 cm³/mol. The number of nitrogens with zero attached hydrogens (tertiary/aromatic N) is 7. The van der Waals surface area contributed by atoms with E-state index in [4.69, 9.17) is 24.0 Å². The molecule has 6 rings (SSSR count). The van der Waals surface area contributed by atoms with E-state index in [0.29, 0.717) is 53.7 Å². The number of likely N-dealkylation sites (tertiary alicyclic amines) is 1. The van der Waals surface area contributed by atoms with E-state index in [1.165, 1.54) is 0 Å². The smallest absolute Gasteiger partial charge is 0.219 e. The van der Waals surface area contributed by atoms with E-state index in [1.54, 1.807) is 24.1 Å². The molecule has 1 spiro atoms. The number of aromatic nitrogens is 6. The molecule has 1 saturated carbocycles. The van der Waals surface area contributed by atoms with Crippen LogP contribution in [-0.2, 0) is 28.0 Å². The molecule has 2 aliphatic carbocycles. The van der Waals surface area contributed by atoms with Crippen molar-refractivity contribution in [2.45, 2.75) is 88.9 Å². The van der Waals surface area contributed by atoms with Crippen molar-refractivity contribution in [3.63, 3.8) is 0 Å². The zero-order valence-electron chi connectivity index (χ0n) is 22.4. The third-order valence-corrected chi connectivity index (χ3v) is 8.44. The van der Waals surface area contributed by atoms with Gasteiger partial charge >= 0.3 is 0 Å². The average molecular weight is 522 g/mol. The molecular formula is C27H35N7O4. The standard InChI is InChI=1S/C27H35N7O4/c1-17(20-9-7-13-33(20)2)37-23-14-22(34-15-18(16-36-3)30-32-34)28-26(29-23)24-19-8-6-12-27(25(19)38-31-24)11-5-4-10-21(27)35/h14-15,17,20H,4-13,16H2,1-3H3/t17-,20-,27+/m0/s1. The van der Waals surface area contributed by atoms with Gasteiger partial charge in [0.25, 0.3) is 0 Å². The van der Waals surface area contributed by atoms with Gasteiger partial charge in [-0.3, -0.25) is 9.69 Å². The molecule has 1 saturated heterocycles. The highest BCUT2D eigenvalue weighted by Crippen LogP contribution is 2.47. The predicted octanol–water partition coefficient (Wildman–Crippen LogP) is 3.44. The zero-order chi connectivity index (χ0) is 26.3. The van der Waals surface area contributed by atoms with E-state index in [1.807, 2.05) is 0 Å². The van der Waals surface area contributed by atoms with Gasteiger partial charge in [-0.1, -0.05) is 16.8 Å². The lowest BCUT2D eigenvalue weighted by molar-refractivity contribution is -0.128. The number of likely N-dealkylation sites (N-methyl/N-ethyl adjacent to an activating group) is 1. The molecule has 3 aromatic rings. The van der Waals surface area contributed by atoms with Gasteiger partial charge in [-0.25, -0.2) is 9.67 Å². The second-order valence-corrected chi connectivity index (χ2v) is 10.9. The van der Waals surface area contributed by atoms with Crippen molar-refractivity contribution in [3.8, 4) is 23.2 Å². The quantitative estimate of drug-likeness (QED) is 0.457. The van der Waals surface area contributed by atoms with Crippen LogP contribution in [0.15, 0.2) is 16.8 Å². The van der Waals surface area contributed by atoms with Crippen LogP contribution in [0.3, 0.4) is 0 Å². The topological polar surface area (TPSA) is 121 Å². The molecule has 0 unspecified atom stereocenters. The normalized spacial score (nSPS) is 24.6. The fourth-order valence-electron chi connectivity index (χ4n) is 6.49. The maximum atomic E-state index is 13.1. The number of hydrogen-bond acceptors (Lipinski definition) is 10. The number of methoxy groups -OCH3 is 1. The van der Waals surface area contributed by atoms with Crippen LogP contribution in [-0.4, -0.2) is 73.6 Å². The van der Waals surface area contributed by atoms with Crippen LogP contribution in [0.4, 0.5) is 0 Å². The van der Waals surface area contributed by atoms with Gasteiger partial charge in [0.05, 0.1) is 18.2 Å². The highest BCUT2D eigenvalue weighted by molar-refractivity contribution is 5.91. The third-order valence-electron chi connectivity index (χ3n) is 8.44. The largest absolute Gasteiger partial charge is 0.473 e. The number of Topliss-reactive ketones (excluding diaryl/α,β-unsaturated/α-hetero) is 1. The summed E-state index contributed by atoms with van der Waals surface area (Å²) in [5.41, 5.74) is 1.65. The number of rotatable bonds is 7. The molecule has 11 heteroatoms. The van der Waals surface area contributed by atoms with Crippen molar-refractivity contribution in [1.29, 1.82) is 0 Å². The van der Waals surface area contributed by atoms with Gasteiger partial charge < -0.3 is 14.0 Å². The van der Waals surface area contributed by atoms with Crippen LogP contribution in [0.2, 0.25) is 0 Å². The highest BCUT2D eigenvalue weighted by Gasteiger charge is 2.48. The van der Waals surface area contributed by atoms with E-state index < -0.39 is 5.41 Å². The molecule has 0 bridgehead atoms. The second kappa shape index (κ2) is 10.2. The van der Waals surface area contributed by atoms with Gasteiger partial charge in [-0.15, -0.1) is 5.10 Å². The number of carbonyl (C=O) groups excluding carboxylic acids is 1. The molecule has 3 atom stereocenters. The van der Waals surface area contributed by atoms with Crippen molar-refractivity contribution in [3.05, 3.63) is 29.3 Å². The third kappa shape index (κ3) is 4.41. The molecule has 0 N–H and O–H groups in total. The maximum absolute atomic E-state index is 13.1. The Kier molecular flexibility index (Phi) is 6.73. The van der Waals surface area contributed by atoms with E-state index in [-0.39, 0.29) is 11.9 Å². The SMILES string of the molecule is COCc1cn(-c2cc(O[C@@H](C)[C@@H]3CCCN3C)nc(-c3noc4c3CCC[C@@]43CCCCC3=O)n2)nn1. The summed E-state index contributed by atoms with van der Waals surface area (Å²) >= 11 is 0. The van der Waals surface area contributed by atoms with Gasteiger partial charge in [-0.2, -0.15) is 4.98 Å². The molecule has 11 nitrogen and oxygen atoms in total. The fraction of sp³-hybridized carbons (Fsp3) is 0.630. The Morgan fingerprint density at radius 1 is 1.18 bits per heavy atom. The van der Waals surface area contributed by atoms with Gasteiger partial charge in [0.1, 0.15) is 17.6 Å². The molecular weight excluding hydrogens is 486 g/mol. The Balaban J connectivity index is 1.40. The van der Waals surface area contributed by atoms with Crippen LogP contribution >= 0.6 is 0 Å². The Morgan fingerprint density at radius 3 is 2.84 bits per heavy atom. The first-order valence-corrected chi connectivity index (χ1v) is 13.7. The lowest BCUT2D eigenvalue weighted by Gasteiger charge is -2.36. The number of carbonyl (C=O) groups is 1. The van der Waals surface area contributed by atoms with E-state index in [9.17, 15) is 4.79 Å². The van der Waals surface area contributed by atoms with Crippen LogP contribution < -0.4 is 4.74 Å². The van der Waals surface area contributed by atoms with Gasteiger partial charge in [0.15, 0.2) is 23.1 Å². The Morgan fingerprint density at radius 2 is 2.05 bits per heavy atom. The summed E-state index contributed by atoms with van der Waals surface area (Å²) in [4.78, 5) is 25.1. The summed E-state index contributed by atoms with van der Waals surface area (Å²) in [5.74, 6) is 2.34. The molecule has 0 aromatic carbocycles. The fourth-order valence-corrected chi connectivity index (χ4v) is 6.49. The molecule has 2 fully saturated rings. The minimum absolute atomic E-state index is 0.0627. The van der Waals surface area contributed by atoms with E-state index in [0.717, 1.165) is 63.5 Å². The van der Waals surface area contributed by atoms with Gasteiger partial charge in [-0.05, 0) is 65.5 Å². The summed E-state index contributed by atoms with van der Waals surface area (Å²) in [6.07, 6.45) is 9.84. The summed E-state index contributed by atoms with van der Waals surface area (Å²) in [6, 6.07) is 2.09. The maximum Gasteiger partial charge on any atom is 0.219 e. The van der Waals surface area contributed by atoms with Gasteiger partial charge in [0.2, 0.25) is 5.88 Å². The van der Waals surface area contributed by atoms with Crippen LogP contribution in [0.1, 0.15) is 75.3 Å². The Hall–Kier alpha value is -3.18.